The zero-order valence-electron chi connectivity index (χ0n) is 9.81. The minimum absolute atomic E-state index is 0.0377. The molecule has 2 nitrogen and oxygen atoms in total. The Bertz CT molecular complexity index is 372. The average Bonchev–Trinajstić information content (AvgIpc) is 2.15. The molecule has 1 rings (SSSR count). The van der Waals surface area contributed by atoms with Gasteiger partial charge >= 0.3 is 0 Å². The van der Waals surface area contributed by atoms with Gasteiger partial charge in [-0.25, -0.2) is 8.78 Å². The van der Waals surface area contributed by atoms with Crippen molar-refractivity contribution in [2.45, 2.75) is 32.4 Å². The highest BCUT2D eigenvalue weighted by atomic mass is 19.1. The zero-order valence-corrected chi connectivity index (χ0v) is 9.81. The van der Waals surface area contributed by atoms with Crippen molar-refractivity contribution < 1.29 is 13.5 Å². The third kappa shape index (κ3) is 3.25. The summed E-state index contributed by atoms with van der Waals surface area (Å²) in [5, 5.41) is 0. The summed E-state index contributed by atoms with van der Waals surface area (Å²) < 4.78 is 31.9. The van der Waals surface area contributed by atoms with Crippen molar-refractivity contribution >= 4 is 0 Å². The van der Waals surface area contributed by atoms with Gasteiger partial charge in [0.2, 0.25) is 0 Å². The largest absolute Gasteiger partial charge is 0.380 e. The molecule has 0 radical (unpaired) electrons. The van der Waals surface area contributed by atoms with E-state index >= 15 is 0 Å². The van der Waals surface area contributed by atoms with Crippen LogP contribution in [0.5, 0.6) is 0 Å². The van der Waals surface area contributed by atoms with Crippen LogP contribution in [0.3, 0.4) is 0 Å². The molecule has 0 saturated heterocycles. The topological polar surface area (TPSA) is 35.2 Å². The summed E-state index contributed by atoms with van der Waals surface area (Å²) >= 11 is 0. The van der Waals surface area contributed by atoms with Crippen molar-refractivity contribution in [3.63, 3.8) is 0 Å². The molecule has 0 fully saturated rings. The first-order valence-corrected chi connectivity index (χ1v) is 5.08. The van der Waals surface area contributed by atoms with Crippen LogP contribution in [0.15, 0.2) is 12.1 Å². The van der Waals surface area contributed by atoms with Crippen molar-refractivity contribution in [1.82, 2.24) is 0 Å². The molecule has 4 heteroatoms. The Morgan fingerprint density at radius 3 is 2.44 bits per heavy atom. The molecule has 1 aromatic carbocycles. The second-order valence-electron chi connectivity index (χ2n) is 4.60. The predicted molar refractivity (Wildman–Crippen MR) is 59.0 cm³/mol. The molecule has 0 aliphatic rings. The molecule has 0 atom stereocenters. The zero-order chi connectivity index (χ0) is 12.3. The molecule has 1 aromatic rings. The highest BCUT2D eigenvalue weighted by Crippen LogP contribution is 2.20. The lowest BCUT2D eigenvalue weighted by Crippen LogP contribution is -2.34. The Labute approximate surface area is 94.4 Å². The number of methoxy groups -OCH3 is 1. The van der Waals surface area contributed by atoms with Crippen molar-refractivity contribution in [2.75, 3.05) is 7.11 Å². The van der Waals surface area contributed by atoms with Gasteiger partial charge in [0.1, 0.15) is 11.6 Å². The summed E-state index contributed by atoms with van der Waals surface area (Å²) in [5.41, 5.74) is 5.66. The summed E-state index contributed by atoms with van der Waals surface area (Å²) in [6.45, 7) is 3.52. The molecular formula is C12H17F2NO. The van der Waals surface area contributed by atoms with Crippen molar-refractivity contribution in [3.05, 3.63) is 34.9 Å². The number of hydrogen-bond donors (Lipinski definition) is 1. The van der Waals surface area contributed by atoms with E-state index in [9.17, 15) is 8.78 Å². The summed E-state index contributed by atoms with van der Waals surface area (Å²) in [5.74, 6) is -1.14. The van der Waals surface area contributed by atoms with E-state index < -0.39 is 17.2 Å². The maximum Gasteiger partial charge on any atom is 0.134 e. The van der Waals surface area contributed by atoms with Gasteiger partial charge in [0.15, 0.2) is 0 Å². The molecule has 0 unspecified atom stereocenters. The molecular weight excluding hydrogens is 212 g/mol. The standard InChI is InChI=1S/C12H17F2NO/c1-12(2,15)6-8-4-5-10(13)9(7-16-3)11(8)14/h4-5H,6-7,15H2,1-3H3. The van der Waals surface area contributed by atoms with Crippen LogP contribution in [0, 0.1) is 11.6 Å². The Balaban J connectivity index is 3.08. The molecule has 16 heavy (non-hydrogen) atoms. The fourth-order valence-electron chi connectivity index (χ4n) is 1.55. The summed E-state index contributed by atoms with van der Waals surface area (Å²) in [6, 6.07) is 2.68. The second-order valence-corrected chi connectivity index (χ2v) is 4.60. The van der Waals surface area contributed by atoms with Crippen molar-refractivity contribution in [3.8, 4) is 0 Å². The minimum atomic E-state index is -0.585. The molecule has 0 spiro atoms. The molecule has 90 valence electrons. The number of ether oxygens (including phenoxy) is 1. The van der Waals surface area contributed by atoms with Gasteiger partial charge in [0.25, 0.3) is 0 Å². The SMILES string of the molecule is COCc1c(F)ccc(CC(C)(C)N)c1F. The van der Waals surface area contributed by atoms with Gasteiger partial charge in [-0.2, -0.15) is 0 Å². The van der Waals surface area contributed by atoms with E-state index in [4.69, 9.17) is 10.5 Å². The summed E-state index contributed by atoms with van der Waals surface area (Å²) in [7, 11) is 1.40. The van der Waals surface area contributed by atoms with Gasteiger partial charge in [-0.3, -0.25) is 0 Å². The summed E-state index contributed by atoms with van der Waals surface area (Å²) in [4.78, 5) is 0. The van der Waals surface area contributed by atoms with E-state index in [1.807, 2.05) is 0 Å². The molecule has 0 bridgehead atoms. The van der Waals surface area contributed by atoms with Gasteiger partial charge in [0, 0.05) is 18.2 Å². The molecule has 0 aliphatic heterocycles. The fourth-order valence-corrected chi connectivity index (χ4v) is 1.55. The van der Waals surface area contributed by atoms with E-state index in [0.29, 0.717) is 12.0 Å². The van der Waals surface area contributed by atoms with Gasteiger partial charge < -0.3 is 10.5 Å². The Morgan fingerprint density at radius 2 is 1.94 bits per heavy atom. The first-order valence-electron chi connectivity index (χ1n) is 5.08. The van der Waals surface area contributed by atoms with E-state index in [2.05, 4.69) is 0 Å². The third-order valence-electron chi connectivity index (χ3n) is 2.20. The van der Waals surface area contributed by atoms with Gasteiger partial charge in [-0.15, -0.1) is 0 Å². The van der Waals surface area contributed by atoms with E-state index in [0.717, 1.165) is 0 Å². The minimum Gasteiger partial charge on any atom is -0.380 e. The number of benzene rings is 1. The third-order valence-corrected chi connectivity index (χ3v) is 2.20. The number of hydrogen-bond acceptors (Lipinski definition) is 2. The predicted octanol–water partition coefficient (Wildman–Crippen LogP) is 2.39. The Morgan fingerprint density at radius 1 is 1.31 bits per heavy atom. The fraction of sp³-hybridized carbons (Fsp3) is 0.500. The Hall–Kier alpha value is -1.00. The lowest BCUT2D eigenvalue weighted by Gasteiger charge is -2.19. The number of nitrogens with two attached hydrogens (primary N) is 1. The van der Waals surface area contributed by atoms with Crippen LogP contribution >= 0.6 is 0 Å². The molecule has 0 saturated carbocycles. The first kappa shape index (κ1) is 13.1. The summed E-state index contributed by atoms with van der Waals surface area (Å²) in [6.07, 6.45) is 0.357. The van der Waals surface area contributed by atoms with Crippen LogP contribution in [0.2, 0.25) is 0 Å². The quantitative estimate of drug-likeness (QED) is 0.860. The van der Waals surface area contributed by atoms with Crippen LogP contribution < -0.4 is 5.73 Å². The maximum absolute atomic E-state index is 13.9. The maximum atomic E-state index is 13.9. The van der Waals surface area contributed by atoms with Crippen LogP contribution in [0.25, 0.3) is 0 Å². The van der Waals surface area contributed by atoms with E-state index in [1.54, 1.807) is 13.8 Å². The molecule has 0 heterocycles. The normalized spacial score (nSPS) is 11.9. The second kappa shape index (κ2) is 4.89. The highest BCUT2D eigenvalue weighted by Gasteiger charge is 2.18. The van der Waals surface area contributed by atoms with Gasteiger partial charge in [-0.05, 0) is 31.9 Å². The van der Waals surface area contributed by atoms with Gasteiger partial charge in [0.05, 0.1) is 6.61 Å². The molecule has 2 N–H and O–H groups in total. The van der Waals surface area contributed by atoms with Crippen molar-refractivity contribution in [1.29, 1.82) is 0 Å². The first-order chi connectivity index (χ1) is 7.35. The van der Waals surface area contributed by atoms with Crippen molar-refractivity contribution in [2.24, 2.45) is 5.73 Å². The highest BCUT2D eigenvalue weighted by molar-refractivity contribution is 5.28. The lowest BCUT2D eigenvalue weighted by atomic mass is 9.94. The Kier molecular flexibility index (Phi) is 3.99. The van der Waals surface area contributed by atoms with Crippen LogP contribution in [0.1, 0.15) is 25.0 Å². The number of rotatable bonds is 4. The lowest BCUT2D eigenvalue weighted by molar-refractivity contribution is 0.177. The van der Waals surface area contributed by atoms with E-state index in [-0.39, 0.29) is 12.2 Å². The smallest absolute Gasteiger partial charge is 0.134 e. The molecule has 0 aliphatic carbocycles. The van der Waals surface area contributed by atoms with Crippen LogP contribution in [0.4, 0.5) is 8.78 Å². The van der Waals surface area contributed by atoms with Crippen LogP contribution in [-0.2, 0) is 17.8 Å². The number of halogens is 2. The average molecular weight is 229 g/mol. The van der Waals surface area contributed by atoms with E-state index in [1.165, 1.54) is 19.2 Å². The van der Waals surface area contributed by atoms with Gasteiger partial charge in [-0.1, -0.05) is 6.07 Å². The monoisotopic (exact) mass is 229 g/mol. The molecule has 0 amide bonds. The molecule has 0 aromatic heterocycles. The van der Waals surface area contributed by atoms with Crippen LogP contribution in [-0.4, -0.2) is 12.6 Å².